The van der Waals surface area contributed by atoms with E-state index in [2.05, 4.69) is 10.1 Å². The summed E-state index contributed by atoms with van der Waals surface area (Å²) in [5.74, 6) is 2.11. The molecule has 1 aromatic heterocycles. The molecule has 0 bridgehead atoms. The maximum Gasteiger partial charge on any atom is 0.231 e. The van der Waals surface area contributed by atoms with E-state index in [0.717, 1.165) is 37.0 Å². The number of aromatic nitrogens is 2. The zero-order valence-electron chi connectivity index (χ0n) is 13.6. The molecule has 1 aliphatic rings. The van der Waals surface area contributed by atoms with Crippen molar-refractivity contribution in [2.45, 2.75) is 57.6 Å². The second-order valence-electron chi connectivity index (χ2n) is 6.37. The fourth-order valence-electron chi connectivity index (χ4n) is 2.93. The van der Waals surface area contributed by atoms with Gasteiger partial charge in [-0.15, -0.1) is 12.4 Å². The summed E-state index contributed by atoms with van der Waals surface area (Å²) in [6, 6.07) is 7.98. The van der Waals surface area contributed by atoms with Crippen molar-refractivity contribution in [2.24, 2.45) is 5.73 Å². The van der Waals surface area contributed by atoms with E-state index in [0.29, 0.717) is 18.1 Å². The van der Waals surface area contributed by atoms with Crippen molar-refractivity contribution in [3.8, 4) is 5.75 Å². The number of hydrogen-bond donors (Lipinski definition) is 1. The number of halogens is 1. The quantitative estimate of drug-likeness (QED) is 0.902. The summed E-state index contributed by atoms with van der Waals surface area (Å²) >= 11 is 0. The van der Waals surface area contributed by atoms with Crippen molar-refractivity contribution in [1.82, 2.24) is 10.1 Å². The van der Waals surface area contributed by atoms with Gasteiger partial charge in [-0.2, -0.15) is 4.98 Å². The van der Waals surface area contributed by atoms with E-state index in [-0.39, 0.29) is 18.5 Å². The predicted molar refractivity (Wildman–Crippen MR) is 90.9 cm³/mol. The van der Waals surface area contributed by atoms with Crippen LogP contribution in [-0.4, -0.2) is 16.2 Å². The van der Waals surface area contributed by atoms with Crippen molar-refractivity contribution in [3.63, 3.8) is 0 Å². The lowest BCUT2D eigenvalue weighted by Crippen LogP contribution is -2.34. The molecule has 2 aromatic rings. The van der Waals surface area contributed by atoms with Crippen LogP contribution in [0.15, 0.2) is 28.8 Å². The monoisotopic (exact) mass is 337 g/mol. The molecule has 1 aliphatic carbocycles. The number of benzene rings is 1. The zero-order valence-corrected chi connectivity index (χ0v) is 14.4. The highest BCUT2D eigenvalue weighted by Crippen LogP contribution is 2.34. The van der Waals surface area contributed by atoms with Gasteiger partial charge in [-0.3, -0.25) is 0 Å². The molecule has 2 N–H and O–H groups in total. The van der Waals surface area contributed by atoms with Crippen molar-refractivity contribution in [3.05, 3.63) is 41.5 Å². The molecule has 3 rings (SSSR count). The van der Waals surface area contributed by atoms with Crippen molar-refractivity contribution < 1.29 is 9.26 Å². The van der Waals surface area contributed by atoms with Gasteiger partial charge in [0, 0.05) is 0 Å². The molecule has 1 aromatic carbocycles. The molecule has 5 nitrogen and oxygen atoms in total. The Bertz CT molecular complexity index is 636. The molecule has 6 heteroatoms. The second kappa shape index (κ2) is 7.32. The Morgan fingerprint density at radius 2 is 2.04 bits per heavy atom. The fraction of sp³-hybridized carbons (Fsp3) is 0.529. The van der Waals surface area contributed by atoms with Crippen LogP contribution in [0.5, 0.6) is 5.75 Å². The van der Waals surface area contributed by atoms with Crippen LogP contribution in [0, 0.1) is 0 Å². The topological polar surface area (TPSA) is 74.2 Å². The number of rotatable bonds is 5. The van der Waals surface area contributed by atoms with Gasteiger partial charge in [0.05, 0.1) is 18.1 Å². The van der Waals surface area contributed by atoms with Crippen LogP contribution in [0.25, 0.3) is 0 Å². The summed E-state index contributed by atoms with van der Waals surface area (Å²) in [6.07, 6.45) is 4.89. The van der Waals surface area contributed by atoms with Gasteiger partial charge in [-0.1, -0.05) is 30.1 Å². The van der Waals surface area contributed by atoms with E-state index in [4.69, 9.17) is 15.0 Å². The Kier molecular flexibility index (Phi) is 5.65. The molecule has 0 radical (unpaired) electrons. The van der Waals surface area contributed by atoms with E-state index < -0.39 is 5.54 Å². The molecule has 126 valence electrons. The largest absolute Gasteiger partial charge is 0.491 e. The van der Waals surface area contributed by atoms with Gasteiger partial charge < -0.3 is 15.0 Å². The predicted octanol–water partition coefficient (Wildman–Crippen LogP) is 3.60. The molecule has 0 spiro atoms. The van der Waals surface area contributed by atoms with Crippen LogP contribution < -0.4 is 10.5 Å². The number of nitrogens with two attached hydrogens (primary N) is 1. The first-order valence-corrected chi connectivity index (χ1v) is 7.93. The summed E-state index contributed by atoms with van der Waals surface area (Å²) in [7, 11) is 0. The van der Waals surface area contributed by atoms with E-state index in [9.17, 15) is 0 Å². The molecule has 23 heavy (non-hydrogen) atoms. The van der Waals surface area contributed by atoms with E-state index >= 15 is 0 Å². The lowest BCUT2D eigenvalue weighted by molar-refractivity contribution is 0.242. The molecule has 0 saturated heterocycles. The van der Waals surface area contributed by atoms with Gasteiger partial charge >= 0.3 is 0 Å². The average molecular weight is 338 g/mol. The highest BCUT2D eigenvalue weighted by molar-refractivity contribution is 5.85. The Hall–Kier alpha value is -1.59. The third-order valence-corrected chi connectivity index (χ3v) is 4.03. The van der Waals surface area contributed by atoms with Crippen LogP contribution in [0.2, 0.25) is 0 Å². The normalized spacial score (nSPS) is 16.3. The molecule has 1 heterocycles. The first-order valence-electron chi connectivity index (χ1n) is 7.93. The molecule has 1 fully saturated rings. The summed E-state index contributed by atoms with van der Waals surface area (Å²) in [6.45, 7) is 4.03. The van der Waals surface area contributed by atoms with Gasteiger partial charge in [0.25, 0.3) is 0 Å². The Labute approximate surface area is 143 Å². The Morgan fingerprint density at radius 3 is 2.74 bits per heavy atom. The molecular formula is C17H24ClN3O2. The minimum Gasteiger partial charge on any atom is -0.491 e. The van der Waals surface area contributed by atoms with Crippen LogP contribution in [0.1, 0.15) is 56.8 Å². The Balaban J connectivity index is 0.00000192. The SMILES string of the molecule is CC(C)Oc1cccc(Cc2nc(C3(N)CCCC3)no2)c1.Cl. The highest BCUT2D eigenvalue weighted by Gasteiger charge is 2.35. The third kappa shape index (κ3) is 4.24. The number of ether oxygens (including phenoxy) is 1. The van der Waals surface area contributed by atoms with Gasteiger partial charge in [0.1, 0.15) is 5.75 Å². The van der Waals surface area contributed by atoms with E-state index in [1.165, 1.54) is 0 Å². The lowest BCUT2D eigenvalue weighted by Gasteiger charge is -2.17. The molecule has 0 amide bonds. The summed E-state index contributed by atoms with van der Waals surface area (Å²) < 4.78 is 11.1. The first kappa shape index (κ1) is 17.8. The average Bonchev–Trinajstić information content (AvgIpc) is 3.09. The van der Waals surface area contributed by atoms with Crippen molar-refractivity contribution in [2.75, 3.05) is 0 Å². The highest BCUT2D eigenvalue weighted by atomic mass is 35.5. The lowest BCUT2D eigenvalue weighted by atomic mass is 9.99. The van der Waals surface area contributed by atoms with Crippen molar-refractivity contribution >= 4 is 12.4 Å². The maximum absolute atomic E-state index is 6.36. The van der Waals surface area contributed by atoms with Gasteiger partial charge in [-0.25, -0.2) is 0 Å². The van der Waals surface area contributed by atoms with Crippen LogP contribution in [0.4, 0.5) is 0 Å². The van der Waals surface area contributed by atoms with Gasteiger partial charge in [0.15, 0.2) is 5.82 Å². The fourth-order valence-corrected chi connectivity index (χ4v) is 2.93. The Morgan fingerprint density at radius 1 is 1.30 bits per heavy atom. The van der Waals surface area contributed by atoms with Gasteiger partial charge in [-0.05, 0) is 44.4 Å². The third-order valence-electron chi connectivity index (χ3n) is 4.03. The van der Waals surface area contributed by atoms with Crippen molar-refractivity contribution in [1.29, 1.82) is 0 Å². The maximum atomic E-state index is 6.36. The van der Waals surface area contributed by atoms with Crippen LogP contribution >= 0.6 is 12.4 Å². The molecule has 0 unspecified atom stereocenters. The molecule has 0 aliphatic heterocycles. The summed E-state index contributed by atoms with van der Waals surface area (Å²) in [4.78, 5) is 4.51. The minimum absolute atomic E-state index is 0. The van der Waals surface area contributed by atoms with Crippen LogP contribution in [-0.2, 0) is 12.0 Å². The van der Waals surface area contributed by atoms with Crippen LogP contribution in [0.3, 0.4) is 0 Å². The first-order chi connectivity index (χ1) is 10.5. The molecular weight excluding hydrogens is 314 g/mol. The molecule has 0 atom stereocenters. The van der Waals surface area contributed by atoms with Gasteiger partial charge in [0.2, 0.25) is 5.89 Å². The number of nitrogens with zero attached hydrogens (tertiary/aromatic N) is 2. The summed E-state index contributed by atoms with van der Waals surface area (Å²) in [5, 5.41) is 4.09. The smallest absolute Gasteiger partial charge is 0.231 e. The molecule has 1 saturated carbocycles. The van der Waals surface area contributed by atoms with E-state index in [1.807, 2.05) is 38.1 Å². The number of hydrogen-bond acceptors (Lipinski definition) is 5. The standard InChI is InChI=1S/C17H23N3O2.ClH/c1-12(2)21-14-7-5-6-13(10-14)11-15-19-16(20-22-15)17(18)8-3-4-9-17;/h5-7,10,12H,3-4,8-9,11,18H2,1-2H3;1H. The zero-order chi connectivity index (χ0) is 15.6. The minimum atomic E-state index is -0.398. The summed E-state index contributed by atoms with van der Waals surface area (Å²) in [5.41, 5.74) is 7.05. The van der Waals surface area contributed by atoms with E-state index in [1.54, 1.807) is 0 Å². The second-order valence-corrected chi connectivity index (χ2v) is 6.37.